The predicted octanol–water partition coefficient (Wildman–Crippen LogP) is 3.94. The number of amides is 4. The molecule has 0 radical (unpaired) electrons. The van der Waals surface area contributed by atoms with E-state index in [1.54, 1.807) is 24.3 Å². The van der Waals surface area contributed by atoms with Gasteiger partial charge in [-0.25, -0.2) is 14.1 Å². The van der Waals surface area contributed by atoms with Gasteiger partial charge in [-0.3, -0.25) is 9.59 Å². The van der Waals surface area contributed by atoms with Gasteiger partial charge in [-0.2, -0.15) is 0 Å². The third kappa shape index (κ3) is 4.52. The van der Waals surface area contributed by atoms with Crippen LogP contribution in [0.4, 0.5) is 20.6 Å². The Morgan fingerprint density at radius 3 is 2.55 bits per heavy atom. The zero-order valence-electron chi connectivity index (χ0n) is 17.2. The molecule has 2 aliphatic rings. The molecule has 2 aromatic rings. The highest BCUT2D eigenvalue weighted by atomic mass is 19.1. The molecule has 1 saturated heterocycles. The minimum atomic E-state index is -0.907. The van der Waals surface area contributed by atoms with Crippen molar-refractivity contribution < 1.29 is 23.5 Å². The van der Waals surface area contributed by atoms with Gasteiger partial charge in [0.05, 0.1) is 18.7 Å². The van der Waals surface area contributed by atoms with Gasteiger partial charge in [0.2, 0.25) is 5.91 Å². The van der Waals surface area contributed by atoms with Gasteiger partial charge in [0.1, 0.15) is 17.6 Å². The Balaban J connectivity index is 1.46. The number of carbonyl (C=O) groups is 3. The van der Waals surface area contributed by atoms with Crippen molar-refractivity contribution in [3.05, 3.63) is 54.3 Å². The van der Waals surface area contributed by atoms with Crippen molar-refractivity contribution >= 4 is 29.2 Å². The molecular weight excluding hydrogens is 401 g/mol. The van der Waals surface area contributed by atoms with E-state index in [0.29, 0.717) is 18.0 Å². The molecule has 8 heteroatoms. The average Bonchev–Trinajstić information content (AvgIpc) is 3.54. The van der Waals surface area contributed by atoms with Crippen LogP contribution in [0.2, 0.25) is 0 Å². The topological polar surface area (TPSA) is 79.0 Å². The Labute approximate surface area is 179 Å². The van der Waals surface area contributed by atoms with Gasteiger partial charge in [-0.05, 0) is 61.7 Å². The number of halogens is 1. The van der Waals surface area contributed by atoms with Crippen LogP contribution in [0.25, 0.3) is 0 Å². The highest BCUT2D eigenvalue weighted by molar-refractivity contribution is 6.22. The summed E-state index contributed by atoms with van der Waals surface area (Å²) >= 11 is 0. The van der Waals surface area contributed by atoms with Crippen LogP contribution in [0.1, 0.15) is 32.6 Å². The quantitative estimate of drug-likeness (QED) is 0.650. The highest BCUT2D eigenvalue weighted by Gasteiger charge is 2.52. The lowest BCUT2D eigenvalue weighted by Gasteiger charge is -2.21. The number of nitrogens with one attached hydrogen (secondary N) is 1. The van der Waals surface area contributed by atoms with Gasteiger partial charge in [-0.15, -0.1) is 0 Å². The molecule has 0 aromatic heterocycles. The Morgan fingerprint density at radius 1 is 1.16 bits per heavy atom. The maximum atomic E-state index is 13.7. The standard InChI is InChI=1S/C23H24FN3O4/c1-2-12-31-19-10-6-16(7-11-19)25-21(28)14-20-22(29)27(18-5-3-4-15(24)13-18)23(30)26(20)17-8-9-17/h3-7,10-11,13,17,20H,2,8-9,12,14H2,1H3,(H,25,28)/t20-/m1/s1. The van der Waals surface area contributed by atoms with Crippen LogP contribution >= 0.6 is 0 Å². The van der Waals surface area contributed by atoms with Crippen LogP contribution in [0.5, 0.6) is 5.75 Å². The minimum Gasteiger partial charge on any atom is -0.494 e. The van der Waals surface area contributed by atoms with E-state index < -0.39 is 23.8 Å². The fraction of sp³-hybridized carbons (Fsp3) is 0.348. The van der Waals surface area contributed by atoms with E-state index in [1.165, 1.54) is 23.1 Å². The van der Waals surface area contributed by atoms with Crippen LogP contribution in [-0.4, -0.2) is 41.4 Å². The first-order chi connectivity index (χ1) is 15.0. The number of urea groups is 1. The summed E-state index contributed by atoms with van der Waals surface area (Å²) in [6.07, 6.45) is 2.30. The number of benzene rings is 2. The van der Waals surface area contributed by atoms with Crippen molar-refractivity contribution in [3.8, 4) is 5.75 Å². The Kier molecular flexibility index (Phi) is 5.88. The third-order valence-corrected chi connectivity index (χ3v) is 5.25. The number of ether oxygens (including phenoxy) is 1. The van der Waals surface area contributed by atoms with E-state index in [1.807, 2.05) is 6.92 Å². The van der Waals surface area contributed by atoms with Crippen molar-refractivity contribution in [1.29, 1.82) is 0 Å². The van der Waals surface area contributed by atoms with E-state index in [9.17, 15) is 18.8 Å². The number of carbonyl (C=O) groups excluding carboxylic acids is 3. The third-order valence-electron chi connectivity index (χ3n) is 5.25. The molecule has 1 heterocycles. The summed E-state index contributed by atoms with van der Waals surface area (Å²) in [6, 6.07) is 10.8. The molecule has 1 saturated carbocycles. The lowest BCUT2D eigenvalue weighted by molar-refractivity contribution is -0.124. The summed E-state index contributed by atoms with van der Waals surface area (Å²) in [5.41, 5.74) is 0.747. The molecule has 31 heavy (non-hydrogen) atoms. The van der Waals surface area contributed by atoms with Crippen molar-refractivity contribution in [2.24, 2.45) is 0 Å². The number of nitrogens with zero attached hydrogens (tertiary/aromatic N) is 2. The zero-order valence-corrected chi connectivity index (χ0v) is 17.2. The van der Waals surface area contributed by atoms with Gasteiger partial charge in [-0.1, -0.05) is 13.0 Å². The number of anilines is 2. The first-order valence-electron chi connectivity index (χ1n) is 10.4. The monoisotopic (exact) mass is 425 g/mol. The van der Waals surface area contributed by atoms with Gasteiger partial charge in [0.15, 0.2) is 0 Å². The van der Waals surface area contributed by atoms with E-state index in [2.05, 4.69) is 5.32 Å². The van der Waals surface area contributed by atoms with Crippen LogP contribution in [-0.2, 0) is 9.59 Å². The summed E-state index contributed by atoms with van der Waals surface area (Å²) in [5.74, 6) is -0.716. The van der Waals surface area contributed by atoms with Crippen molar-refractivity contribution in [1.82, 2.24) is 4.90 Å². The van der Waals surface area contributed by atoms with E-state index in [-0.39, 0.29) is 24.1 Å². The number of imide groups is 1. The molecule has 0 unspecified atom stereocenters. The summed E-state index contributed by atoms with van der Waals surface area (Å²) in [5, 5.41) is 2.77. The molecule has 1 aliphatic heterocycles. The molecule has 162 valence electrons. The van der Waals surface area contributed by atoms with Gasteiger partial charge in [0, 0.05) is 11.7 Å². The lowest BCUT2D eigenvalue weighted by Crippen LogP contribution is -2.39. The minimum absolute atomic E-state index is 0.0668. The molecular formula is C23H24FN3O4. The Bertz CT molecular complexity index is 991. The van der Waals surface area contributed by atoms with E-state index in [4.69, 9.17) is 4.74 Å². The smallest absolute Gasteiger partial charge is 0.332 e. The SMILES string of the molecule is CCCOc1ccc(NC(=O)C[C@@H]2C(=O)N(c3cccc(F)c3)C(=O)N2C2CC2)cc1. The normalized spacial score (nSPS) is 18.5. The first-order valence-corrected chi connectivity index (χ1v) is 10.4. The summed E-state index contributed by atoms with van der Waals surface area (Å²) in [4.78, 5) is 41.1. The van der Waals surface area contributed by atoms with Gasteiger partial charge in [0.25, 0.3) is 5.91 Å². The van der Waals surface area contributed by atoms with Crippen molar-refractivity contribution in [2.75, 3.05) is 16.8 Å². The summed E-state index contributed by atoms with van der Waals surface area (Å²) in [6.45, 7) is 2.63. The van der Waals surface area contributed by atoms with Crippen LogP contribution in [0.15, 0.2) is 48.5 Å². The predicted molar refractivity (Wildman–Crippen MR) is 113 cm³/mol. The first kappa shape index (κ1) is 20.8. The highest BCUT2D eigenvalue weighted by Crippen LogP contribution is 2.36. The van der Waals surface area contributed by atoms with Crippen molar-refractivity contribution in [3.63, 3.8) is 0 Å². The van der Waals surface area contributed by atoms with Crippen LogP contribution < -0.4 is 15.0 Å². The fourth-order valence-corrected chi connectivity index (χ4v) is 3.66. The van der Waals surface area contributed by atoms with E-state index in [0.717, 1.165) is 30.2 Å². The largest absolute Gasteiger partial charge is 0.494 e. The second-order valence-corrected chi connectivity index (χ2v) is 7.72. The lowest BCUT2D eigenvalue weighted by atomic mass is 10.1. The molecule has 2 fully saturated rings. The zero-order chi connectivity index (χ0) is 22.0. The summed E-state index contributed by atoms with van der Waals surface area (Å²) in [7, 11) is 0. The fourth-order valence-electron chi connectivity index (χ4n) is 3.66. The van der Waals surface area contributed by atoms with Crippen LogP contribution in [0.3, 0.4) is 0 Å². The molecule has 1 N–H and O–H groups in total. The van der Waals surface area contributed by atoms with Gasteiger partial charge < -0.3 is 15.0 Å². The average molecular weight is 425 g/mol. The second kappa shape index (κ2) is 8.75. The molecule has 4 rings (SSSR count). The molecule has 0 bridgehead atoms. The number of hydrogen-bond donors (Lipinski definition) is 1. The maximum Gasteiger partial charge on any atom is 0.332 e. The number of hydrogen-bond acceptors (Lipinski definition) is 4. The molecule has 4 amide bonds. The number of rotatable bonds is 8. The molecule has 1 atom stereocenters. The molecule has 2 aromatic carbocycles. The molecule has 7 nitrogen and oxygen atoms in total. The molecule has 1 aliphatic carbocycles. The second-order valence-electron chi connectivity index (χ2n) is 7.72. The molecule has 0 spiro atoms. The summed E-state index contributed by atoms with van der Waals surface area (Å²) < 4.78 is 19.2. The van der Waals surface area contributed by atoms with Crippen LogP contribution in [0, 0.1) is 5.82 Å². The Morgan fingerprint density at radius 2 is 1.90 bits per heavy atom. The van der Waals surface area contributed by atoms with Crippen molar-refractivity contribution in [2.45, 2.75) is 44.7 Å². The van der Waals surface area contributed by atoms with E-state index >= 15 is 0 Å². The maximum absolute atomic E-state index is 13.7. The van der Waals surface area contributed by atoms with Gasteiger partial charge >= 0.3 is 6.03 Å². The Hall–Kier alpha value is -3.42.